The van der Waals surface area contributed by atoms with Gasteiger partial charge in [0.25, 0.3) is 5.91 Å². The minimum Gasteiger partial charge on any atom is -0.497 e. The molecule has 0 saturated carbocycles. The first kappa shape index (κ1) is 14.7. The monoisotopic (exact) mass is 338 g/mol. The fourth-order valence-corrected chi connectivity index (χ4v) is 4.94. The molecule has 1 saturated heterocycles. The van der Waals surface area contributed by atoms with Gasteiger partial charge in [0.05, 0.1) is 17.8 Å². The molecular weight excluding hydrogens is 324 g/mol. The number of thiocarbonyl (C=S) groups is 1. The quantitative estimate of drug-likeness (QED) is 0.608. The first-order chi connectivity index (χ1) is 10.1. The van der Waals surface area contributed by atoms with Crippen LogP contribution >= 0.6 is 35.7 Å². The number of benzene rings is 1. The van der Waals surface area contributed by atoms with Crippen LogP contribution in [0.3, 0.4) is 0 Å². The first-order valence-electron chi connectivity index (χ1n) is 6.44. The maximum Gasteiger partial charge on any atom is 0.268 e. The van der Waals surface area contributed by atoms with Crippen molar-refractivity contribution in [2.24, 2.45) is 0 Å². The van der Waals surface area contributed by atoms with Gasteiger partial charge in [0.2, 0.25) is 0 Å². The average molecular weight is 338 g/mol. The fraction of sp³-hybridized carbons (Fsp3) is 0.286. The number of rotatable bonds is 2. The maximum absolute atomic E-state index is 12.4. The minimum atomic E-state index is 0.00150. The van der Waals surface area contributed by atoms with Gasteiger partial charge in [-0.3, -0.25) is 9.69 Å². The number of ether oxygens (including phenoxy) is 1. The van der Waals surface area contributed by atoms with Crippen molar-refractivity contribution in [2.45, 2.75) is 11.8 Å². The number of fused-ring (bicyclic) bond motifs is 1. The summed E-state index contributed by atoms with van der Waals surface area (Å²) in [6, 6.07) is 5.93. The number of methoxy groups -OCH3 is 1. The van der Waals surface area contributed by atoms with E-state index in [1.165, 1.54) is 11.8 Å². The zero-order valence-corrected chi connectivity index (χ0v) is 14.3. The van der Waals surface area contributed by atoms with Crippen LogP contribution < -0.4 is 9.64 Å². The Bertz CT molecular complexity index is 672. The normalized spacial score (nSPS) is 21.3. The molecule has 2 aliphatic rings. The Balaban J connectivity index is 2.01. The fourth-order valence-electron chi connectivity index (χ4n) is 2.25. The van der Waals surface area contributed by atoms with Crippen molar-refractivity contribution in [3.63, 3.8) is 0 Å². The number of carbonyl (C=O) groups excluding carboxylic acids is 1. The molecule has 1 aromatic carbocycles. The van der Waals surface area contributed by atoms with E-state index in [2.05, 4.69) is 0 Å². The van der Waals surface area contributed by atoms with E-state index in [1.54, 1.807) is 23.8 Å². The number of thioether (sulfide) groups is 2. The molecule has 0 aromatic heterocycles. The number of hydrogen-bond donors (Lipinski definition) is 0. The Kier molecular flexibility index (Phi) is 3.90. The summed E-state index contributed by atoms with van der Waals surface area (Å²) in [6.45, 7) is 2.54. The van der Waals surface area contributed by atoms with Crippen LogP contribution in [-0.4, -0.2) is 35.8 Å². The third-order valence-electron chi connectivity index (χ3n) is 3.40. The highest BCUT2D eigenvalue weighted by Gasteiger charge is 2.37. The maximum atomic E-state index is 12.4. The Morgan fingerprint density at radius 2 is 2.10 bits per heavy atom. The van der Waals surface area contributed by atoms with Crippen molar-refractivity contribution in [1.29, 1.82) is 0 Å². The predicted molar refractivity (Wildman–Crippen MR) is 91.9 cm³/mol. The van der Waals surface area contributed by atoms with Crippen molar-refractivity contribution >= 4 is 51.7 Å². The topological polar surface area (TPSA) is 32.8 Å². The molecule has 0 bridgehead atoms. The molecule has 2 aliphatic heterocycles. The van der Waals surface area contributed by atoms with E-state index in [0.717, 1.165) is 21.4 Å². The molecule has 1 aromatic rings. The molecule has 3 rings (SSSR count). The lowest BCUT2D eigenvalue weighted by molar-refractivity contribution is -0.122. The van der Waals surface area contributed by atoms with E-state index < -0.39 is 0 Å². The number of hydrogen-bond acceptors (Lipinski definition) is 6. The SMILES string of the molecule is CCN1C(=O)C(=C2Sc3ccc(OC)cc3N2C)SC1=S. The van der Waals surface area contributed by atoms with Crippen LogP contribution in [0.25, 0.3) is 0 Å². The minimum absolute atomic E-state index is 0.00150. The zero-order valence-electron chi connectivity index (χ0n) is 11.9. The molecule has 110 valence electrons. The van der Waals surface area contributed by atoms with Crippen LogP contribution in [0.4, 0.5) is 5.69 Å². The van der Waals surface area contributed by atoms with Crippen LogP contribution in [0.15, 0.2) is 33.0 Å². The van der Waals surface area contributed by atoms with Gasteiger partial charge in [0.1, 0.15) is 15.0 Å². The molecule has 0 N–H and O–H groups in total. The van der Waals surface area contributed by atoms with Gasteiger partial charge in [0, 0.05) is 24.6 Å². The molecule has 0 atom stereocenters. The number of likely N-dealkylation sites (N-methyl/N-ethyl adjacent to an activating group) is 1. The summed E-state index contributed by atoms with van der Waals surface area (Å²) in [5.74, 6) is 0.810. The highest BCUT2D eigenvalue weighted by atomic mass is 32.2. The van der Waals surface area contributed by atoms with Crippen LogP contribution in [0.5, 0.6) is 5.75 Å². The highest BCUT2D eigenvalue weighted by Crippen LogP contribution is 2.50. The zero-order chi connectivity index (χ0) is 15.1. The molecule has 1 fully saturated rings. The van der Waals surface area contributed by atoms with Gasteiger partial charge in [0.15, 0.2) is 0 Å². The standard InChI is InChI=1S/C14H14N2O2S3/c1-4-16-12(17)11(21-14(16)19)13-15(2)9-7-8(18-3)5-6-10(9)20-13/h5-7H,4H2,1-3H3. The second-order valence-corrected chi connectivity index (χ2v) is 7.22. The predicted octanol–water partition coefficient (Wildman–Crippen LogP) is 3.29. The summed E-state index contributed by atoms with van der Waals surface area (Å²) in [6.07, 6.45) is 0. The van der Waals surface area contributed by atoms with Crippen LogP contribution in [0.1, 0.15) is 6.92 Å². The Hall–Kier alpha value is -1.18. The van der Waals surface area contributed by atoms with Crippen molar-refractivity contribution in [3.05, 3.63) is 28.1 Å². The van der Waals surface area contributed by atoms with Crippen molar-refractivity contribution < 1.29 is 9.53 Å². The molecule has 4 nitrogen and oxygen atoms in total. The molecule has 2 heterocycles. The summed E-state index contributed by atoms with van der Waals surface area (Å²) >= 11 is 8.26. The van der Waals surface area contributed by atoms with E-state index in [1.807, 2.05) is 37.1 Å². The summed E-state index contributed by atoms with van der Waals surface area (Å²) < 4.78 is 5.90. The molecule has 0 spiro atoms. The molecule has 7 heteroatoms. The third kappa shape index (κ3) is 2.33. The second kappa shape index (κ2) is 5.55. The van der Waals surface area contributed by atoms with E-state index in [-0.39, 0.29) is 5.91 Å². The van der Waals surface area contributed by atoms with Crippen molar-refractivity contribution in [2.75, 3.05) is 25.6 Å². The van der Waals surface area contributed by atoms with E-state index in [9.17, 15) is 4.79 Å². The largest absolute Gasteiger partial charge is 0.497 e. The summed E-state index contributed by atoms with van der Waals surface area (Å²) in [5, 5.41) is 0.937. The summed E-state index contributed by atoms with van der Waals surface area (Å²) in [7, 11) is 3.61. The van der Waals surface area contributed by atoms with Gasteiger partial charge in [-0.1, -0.05) is 35.7 Å². The highest BCUT2D eigenvalue weighted by molar-refractivity contribution is 8.27. The Labute approximate surface area is 137 Å². The van der Waals surface area contributed by atoms with Gasteiger partial charge in [-0.2, -0.15) is 0 Å². The van der Waals surface area contributed by atoms with Gasteiger partial charge in [-0.15, -0.1) is 0 Å². The van der Waals surface area contributed by atoms with Gasteiger partial charge in [-0.05, 0) is 19.1 Å². The van der Waals surface area contributed by atoms with Gasteiger partial charge >= 0.3 is 0 Å². The Morgan fingerprint density at radius 1 is 1.33 bits per heavy atom. The van der Waals surface area contributed by atoms with Gasteiger partial charge < -0.3 is 9.64 Å². The summed E-state index contributed by atoms with van der Waals surface area (Å²) in [5.41, 5.74) is 1.05. The molecule has 0 aliphatic carbocycles. The first-order valence-corrected chi connectivity index (χ1v) is 8.48. The Morgan fingerprint density at radius 3 is 2.71 bits per heavy atom. The molecule has 0 unspecified atom stereocenters. The lowest BCUT2D eigenvalue weighted by Gasteiger charge is -2.15. The number of carbonyl (C=O) groups is 1. The van der Waals surface area contributed by atoms with Crippen LogP contribution in [-0.2, 0) is 4.79 Å². The van der Waals surface area contributed by atoms with Crippen molar-refractivity contribution in [3.8, 4) is 5.75 Å². The molecule has 0 radical (unpaired) electrons. The number of nitrogens with zero attached hydrogens (tertiary/aromatic N) is 2. The number of amides is 1. The van der Waals surface area contributed by atoms with Crippen LogP contribution in [0, 0.1) is 0 Å². The average Bonchev–Trinajstić information content (AvgIpc) is 2.96. The van der Waals surface area contributed by atoms with Gasteiger partial charge in [-0.25, -0.2) is 0 Å². The third-order valence-corrected chi connectivity index (χ3v) is 6.20. The molecule has 1 amide bonds. The molecular formula is C14H14N2O2S3. The lowest BCUT2D eigenvalue weighted by Crippen LogP contribution is -2.28. The lowest BCUT2D eigenvalue weighted by atomic mass is 10.3. The molecule has 21 heavy (non-hydrogen) atoms. The van der Waals surface area contributed by atoms with E-state index in [4.69, 9.17) is 17.0 Å². The second-order valence-electron chi connectivity index (χ2n) is 4.55. The number of anilines is 1. The van der Waals surface area contributed by atoms with E-state index in [0.29, 0.717) is 15.8 Å². The van der Waals surface area contributed by atoms with Crippen molar-refractivity contribution in [1.82, 2.24) is 4.90 Å². The van der Waals surface area contributed by atoms with Crippen LogP contribution in [0.2, 0.25) is 0 Å². The smallest absolute Gasteiger partial charge is 0.268 e. The summed E-state index contributed by atoms with van der Waals surface area (Å²) in [4.78, 5) is 18.0. The van der Waals surface area contributed by atoms with E-state index >= 15 is 0 Å².